The predicted octanol–water partition coefficient (Wildman–Crippen LogP) is 5.41. The van der Waals surface area contributed by atoms with Gasteiger partial charge in [0.05, 0.1) is 4.92 Å². The van der Waals surface area contributed by atoms with Gasteiger partial charge in [-0.15, -0.1) is 5.10 Å². The summed E-state index contributed by atoms with van der Waals surface area (Å²) in [5.41, 5.74) is 1.41. The first-order valence-corrected chi connectivity index (χ1v) is 10.9. The number of carbonyl (C=O) groups excluding carboxylic acids is 1. The average Bonchev–Trinajstić information content (AvgIpc) is 3.26. The van der Waals surface area contributed by atoms with Crippen LogP contribution in [0.3, 0.4) is 0 Å². The Labute approximate surface area is 204 Å². The highest BCUT2D eigenvalue weighted by molar-refractivity contribution is 6.30. The topological polar surface area (TPSA) is 115 Å². The van der Waals surface area contributed by atoms with E-state index in [1.807, 2.05) is 24.3 Å². The molecule has 0 amide bonds. The van der Waals surface area contributed by atoms with Gasteiger partial charge in [-0.3, -0.25) is 14.9 Å². The van der Waals surface area contributed by atoms with Crippen LogP contribution in [0.4, 0.5) is 17.6 Å². The molecule has 0 atom stereocenters. The number of aromatic nitrogens is 3. The third-order valence-electron chi connectivity index (χ3n) is 4.86. The molecule has 3 aromatic carbocycles. The summed E-state index contributed by atoms with van der Waals surface area (Å²) in [6.07, 6.45) is 0. The van der Waals surface area contributed by atoms with Crippen molar-refractivity contribution in [2.45, 2.75) is 13.1 Å². The summed E-state index contributed by atoms with van der Waals surface area (Å²) in [5, 5.41) is 23.0. The fourth-order valence-electron chi connectivity index (χ4n) is 3.14. The van der Waals surface area contributed by atoms with Gasteiger partial charge in [0, 0.05) is 29.2 Å². The fourth-order valence-corrected chi connectivity index (χ4v) is 3.39. The van der Waals surface area contributed by atoms with Crippen LogP contribution in [0.5, 0.6) is 0 Å². The summed E-state index contributed by atoms with van der Waals surface area (Å²) in [7, 11) is 0. The molecule has 172 valence electrons. The molecule has 0 radical (unpaired) electrons. The minimum Gasteiger partial charge on any atom is -0.350 e. The first-order valence-electron chi connectivity index (χ1n) is 10.1. The lowest BCUT2D eigenvalue weighted by Gasteiger charge is -2.07. The highest BCUT2D eigenvalue weighted by Crippen LogP contribution is 2.22. The molecule has 34 heavy (non-hydrogen) atoms. The maximum atomic E-state index is 13.2. The highest BCUT2D eigenvalue weighted by atomic mass is 35.5. The lowest BCUT2D eigenvalue weighted by atomic mass is 10.1. The van der Waals surface area contributed by atoms with Gasteiger partial charge in [-0.05, 0) is 41.5 Å². The second-order valence-corrected chi connectivity index (χ2v) is 8.08. The fraction of sp³-hybridized carbons (Fsp3) is 0.0870. The third-order valence-corrected chi connectivity index (χ3v) is 5.36. The molecule has 1 heterocycles. The monoisotopic (exact) mass is 496 g/mol. The Bertz CT molecular complexity index is 1320. The summed E-state index contributed by atoms with van der Waals surface area (Å²) in [6.45, 7) is 0.716. The summed E-state index contributed by atoms with van der Waals surface area (Å²) in [4.78, 5) is 28.4. The largest absolute Gasteiger partial charge is 0.350 e. The molecule has 9 nitrogen and oxygen atoms in total. The lowest BCUT2D eigenvalue weighted by Crippen LogP contribution is -2.18. The van der Waals surface area contributed by atoms with Gasteiger partial charge in [0.2, 0.25) is 11.9 Å². The number of hydrogen-bond donors (Lipinski definition) is 2. The zero-order valence-corrected chi connectivity index (χ0v) is 19.1. The molecule has 11 heteroatoms. The Morgan fingerprint density at radius 3 is 2.03 bits per heavy atom. The van der Waals surface area contributed by atoms with E-state index in [1.165, 1.54) is 18.2 Å². The van der Waals surface area contributed by atoms with Gasteiger partial charge >= 0.3 is 0 Å². The van der Waals surface area contributed by atoms with Gasteiger partial charge in [0.25, 0.3) is 11.6 Å². The Balaban J connectivity index is 1.62. The number of benzene rings is 3. The Kier molecular flexibility index (Phi) is 7.05. The summed E-state index contributed by atoms with van der Waals surface area (Å²) in [6, 6.07) is 20.1. The van der Waals surface area contributed by atoms with Gasteiger partial charge < -0.3 is 10.6 Å². The normalized spacial score (nSPS) is 10.6. The molecule has 0 fully saturated rings. The Morgan fingerprint density at radius 2 is 1.44 bits per heavy atom. The molecule has 2 N–H and O–H groups in total. The van der Waals surface area contributed by atoms with Crippen molar-refractivity contribution in [3.63, 3.8) is 0 Å². The second kappa shape index (κ2) is 10.3. The first-order chi connectivity index (χ1) is 16.4. The van der Waals surface area contributed by atoms with Gasteiger partial charge in [0.15, 0.2) is 0 Å². The van der Waals surface area contributed by atoms with Crippen LogP contribution in [-0.2, 0) is 13.1 Å². The minimum atomic E-state index is -0.682. The molecule has 0 unspecified atom stereocenters. The number of nitro groups is 1. The van der Waals surface area contributed by atoms with E-state index in [1.54, 1.807) is 30.3 Å². The standard InChI is InChI=1S/C23H18Cl2N6O3/c24-17-9-5-15(6-10-17)13-26-22-28-23(27-14-16-7-11-18(25)12-8-16)30(29-22)21(32)19-3-1-2-4-20(19)31(33)34/h1-12H,13-14H2,(H2,26,27,28,29). The third kappa shape index (κ3) is 5.51. The second-order valence-electron chi connectivity index (χ2n) is 7.21. The number of carbonyl (C=O) groups is 1. The molecule has 0 spiro atoms. The zero-order chi connectivity index (χ0) is 24.1. The molecule has 0 saturated carbocycles. The number of anilines is 2. The SMILES string of the molecule is O=C(c1ccccc1[N+](=O)[O-])n1nc(NCc2ccc(Cl)cc2)nc1NCc1ccc(Cl)cc1. The molecule has 1 aromatic heterocycles. The van der Waals surface area contributed by atoms with Crippen molar-refractivity contribution in [3.05, 3.63) is 110 Å². The molecule has 0 aliphatic heterocycles. The van der Waals surface area contributed by atoms with Gasteiger partial charge in [-0.2, -0.15) is 9.67 Å². The van der Waals surface area contributed by atoms with Crippen molar-refractivity contribution >= 4 is 46.7 Å². The summed E-state index contributed by atoms with van der Waals surface area (Å²) < 4.78 is 1.02. The van der Waals surface area contributed by atoms with Gasteiger partial charge in [0.1, 0.15) is 5.56 Å². The van der Waals surface area contributed by atoms with Crippen molar-refractivity contribution in [3.8, 4) is 0 Å². The van der Waals surface area contributed by atoms with Crippen LogP contribution in [0.15, 0.2) is 72.8 Å². The van der Waals surface area contributed by atoms with E-state index < -0.39 is 10.8 Å². The van der Waals surface area contributed by atoms with Gasteiger partial charge in [-0.1, -0.05) is 59.6 Å². The van der Waals surface area contributed by atoms with Crippen LogP contribution in [0.1, 0.15) is 21.5 Å². The van der Waals surface area contributed by atoms with Crippen LogP contribution >= 0.6 is 23.2 Å². The molecule has 0 aliphatic carbocycles. The molecule has 4 rings (SSSR count). The first kappa shape index (κ1) is 23.2. The van der Waals surface area contributed by atoms with E-state index in [0.717, 1.165) is 15.8 Å². The number of nitro benzene ring substituents is 1. The number of para-hydroxylation sites is 1. The quantitative estimate of drug-likeness (QED) is 0.247. The van der Waals surface area contributed by atoms with Crippen LogP contribution < -0.4 is 10.6 Å². The molecule has 0 saturated heterocycles. The number of halogens is 2. The van der Waals surface area contributed by atoms with E-state index in [-0.39, 0.29) is 23.1 Å². The van der Waals surface area contributed by atoms with Crippen LogP contribution in [0.25, 0.3) is 0 Å². The number of rotatable bonds is 8. The molecular formula is C23H18Cl2N6O3. The van der Waals surface area contributed by atoms with Crippen molar-refractivity contribution < 1.29 is 9.72 Å². The van der Waals surface area contributed by atoms with E-state index in [0.29, 0.717) is 23.1 Å². The van der Waals surface area contributed by atoms with Crippen molar-refractivity contribution in [1.82, 2.24) is 14.8 Å². The Hall–Kier alpha value is -3.95. The maximum Gasteiger partial charge on any atom is 0.288 e. The van der Waals surface area contributed by atoms with Crippen LogP contribution in [0, 0.1) is 10.1 Å². The molecular weight excluding hydrogens is 479 g/mol. The summed E-state index contributed by atoms with van der Waals surface area (Å²) >= 11 is 11.9. The van der Waals surface area contributed by atoms with E-state index in [9.17, 15) is 14.9 Å². The maximum absolute atomic E-state index is 13.2. The minimum absolute atomic E-state index is 0.101. The highest BCUT2D eigenvalue weighted by Gasteiger charge is 2.25. The van der Waals surface area contributed by atoms with Crippen LogP contribution in [-0.4, -0.2) is 25.6 Å². The van der Waals surface area contributed by atoms with Crippen molar-refractivity contribution in [1.29, 1.82) is 0 Å². The molecule has 0 bridgehead atoms. The smallest absolute Gasteiger partial charge is 0.288 e. The summed E-state index contributed by atoms with van der Waals surface area (Å²) in [5.74, 6) is -0.366. The van der Waals surface area contributed by atoms with Crippen molar-refractivity contribution in [2.75, 3.05) is 10.6 Å². The molecule has 4 aromatic rings. The van der Waals surface area contributed by atoms with Crippen LogP contribution in [0.2, 0.25) is 10.0 Å². The average molecular weight is 497 g/mol. The number of hydrogen-bond acceptors (Lipinski definition) is 7. The zero-order valence-electron chi connectivity index (χ0n) is 17.6. The lowest BCUT2D eigenvalue weighted by molar-refractivity contribution is -0.385. The Morgan fingerprint density at radius 1 is 0.882 bits per heavy atom. The van der Waals surface area contributed by atoms with E-state index in [2.05, 4.69) is 20.7 Å². The van der Waals surface area contributed by atoms with E-state index >= 15 is 0 Å². The molecule has 0 aliphatic rings. The number of nitrogens with zero attached hydrogens (tertiary/aromatic N) is 4. The van der Waals surface area contributed by atoms with Crippen molar-refractivity contribution in [2.24, 2.45) is 0 Å². The number of nitrogens with one attached hydrogen (secondary N) is 2. The van der Waals surface area contributed by atoms with E-state index in [4.69, 9.17) is 23.2 Å². The van der Waals surface area contributed by atoms with Gasteiger partial charge in [-0.25, -0.2) is 0 Å². The predicted molar refractivity (Wildman–Crippen MR) is 130 cm³/mol.